The van der Waals surface area contributed by atoms with Crippen LogP contribution in [0.1, 0.15) is 33.2 Å². The smallest absolute Gasteiger partial charge is 0.278 e. The summed E-state index contributed by atoms with van der Waals surface area (Å²) in [5, 5.41) is 11.0. The van der Waals surface area contributed by atoms with Gasteiger partial charge in [-0.05, 0) is 44.5 Å². The zero-order chi connectivity index (χ0) is 20.4. The monoisotopic (exact) mass is 387 g/mol. The van der Waals surface area contributed by atoms with Crippen LogP contribution in [0, 0.1) is 20.8 Å². The van der Waals surface area contributed by atoms with Gasteiger partial charge in [0.25, 0.3) is 5.91 Å². The molecule has 2 aromatic heterocycles. The normalized spacial score (nSPS) is 10.9. The molecule has 0 unspecified atom stereocenters. The van der Waals surface area contributed by atoms with Crippen molar-refractivity contribution in [2.75, 3.05) is 5.32 Å². The quantitative estimate of drug-likeness (QED) is 0.556. The molecule has 0 aliphatic carbocycles. The van der Waals surface area contributed by atoms with E-state index in [1.807, 2.05) is 75.4 Å². The fraction of sp³-hybridized carbons (Fsp3) is 0.182. The maximum Gasteiger partial charge on any atom is 0.278 e. The van der Waals surface area contributed by atoms with Crippen LogP contribution in [0.5, 0.6) is 0 Å². The third-order valence-corrected chi connectivity index (χ3v) is 4.80. The molecule has 0 spiro atoms. The Morgan fingerprint density at radius 3 is 2.52 bits per heavy atom. The number of aryl methyl sites for hydroxylation is 2. The molecule has 1 amide bonds. The van der Waals surface area contributed by atoms with Gasteiger partial charge in [0.2, 0.25) is 5.89 Å². The summed E-state index contributed by atoms with van der Waals surface area (Å²) in [5.41, 5.74) is 4.47. The fourth-order valence-corrected chi connectivity index (χ4v) is 3.08. The Balaban J connectivity index is 1.55. The third kappa shape index (κ3) is 3.80. The molecule has 0 aliphatic heterocycles. The summed E-state index contributed by atoms with van der Waals surface area (Å²) in [6, 6.07) is 17.2. The van der Waals surface area contributed by atoms with Crippen LogP contribution in [0.4, 0.5) is 5.69 Å². The van der Waals surface area contributed by atoms with Gasteiger partial charge in [0.15, 0.2) is 5.69 Å². The highest BCUT2D eigenvalue weighted by Crippen LogP contribution is 2.25. The molecular weight excluding hydrogens is 366 g/mol. The SMILES string of the molecule is Cc1ccccc1-c1nc(Cn2nnc(C(=O)Nc3ccccc3)c2C)c(C)o1. The number of oxazole rings is 1. The van der Waals surface area contributed by atoms with E-state index in [0.29, 0.717) is 29.6 Å². The van der Waals surface area contributed by atoms with Gasteiger partial charge in [0.05, 0.1) is 12.2 Å². The first-order valence-corrected chi connectivity index (χ1v) is 9.31. The van der Waals surface area contributed by atoms with Crippen molar-refractivity contribution in [1.82, 2.24) is 20.0 Å². The molecular formula is C22H21N5O2. The molecule has 4 aromatic rings. The molecule has 0 fully saturated rings. The molecule has 0 saturated carbocycles. The zero-order valence-electron chi connectivity index (χ0n) is 16.5. The number of rotatable bonds is 5. The number of hydrogen-bond acceptors (Lipinski definition) is 5. The van der Waals surface area contributed by atoms with Crippen molar-refractivity contribution in [2.45, 2.75) is 27.3 Å². The predicted octanol–water partition coefficient (Wildman–Crippen LogP) is 4.16. The summed E-state index contributed by atoms with van der Waals surface area (Å²) in [7, 11) is 0. The first-order chi connectivity index (χ1) is 14.0. The van der Waals surface area contributed by atoms with Gasteiger partial charge in [-0.3, -0.25) is 4.79 Å². The second kappa shape index (κ2) is 7.71. The van der Waals surface area contributed by atoms with E-state index >= 15 is 0 Å². The molecule has 7 nitrogen and oxygen atoms in total. The standard InChI is InChI=1S/C22H21N5O2/c1-14-9-7-8-12-18(14)22-24-19(16(3)29-22)13-27-15(2)20(25-26-27)21(28)23-17-10-5-4-6-11-17/h4-12H,13H2,1-3H3,(H,23,28). The van der Waals surface area contributed by atoms with Crippen LogP contribution in [0.15, 0.2) is 59.0 Å². The fourth-order valence-electron chi connectivity index (χ4n) is 3.08. The van der Waals surface area contributed by atoms with Crippen LogP contribution in [-0.2, 0) is 6.54 Å². The number of nitrogens with zero attached hydrogens (tertiary/aromatic N) is 4. The van der Waals surface area contributed by atoms with E-state index in [9.17, 15) is 4.79 Å². The molecule has 0 radical (unpaired) electrons. The molecule has 0 bridgehead atoms. The molecule has 7 heteroatoms. The van der Waals surface area contributed by atoms with Crippen LogP contribution >= 0.6 is 0 Å². The van der Waals surface area contributed by atoms with Crippen LogP contribution < -0.4 is 5.32 Å². The maximum atomic E-state index is 12.5. The van der Waals surface area contributed by atoms with Gasteiger partial charge in [-0.2, -0.15) is 0 Å². The number of aromatic nitrogens is 4. The largest absolute Gasteiger partial charge is 0.441 e. The summed E-state index contributed by atoms with van der Waals surface area (Å²) < 4.78 is 7.53. The average Bonchev–Trinajstić information content (AvgIpc) is 3.26. The number of carbonyl (C=O) groups excluding carboxylic acids is 1. The number of nitrogens with one attached hydrogen (secondary N) is 1. The molecule has 0 saturated heterocycles. The van der Waals surface area contributed by atoms with Gasteiger partial charge >= 0.3 is 0 Å². The summed E-state index contributed by atoms with van der Waals surface area (Å²) in [5.74, 6) is 1.00. The Bertz CT molecular complexity index is 1160. The molecule has 1 N–H and O–H groups in total. The van der Waals surface area contributed by atoms with Gasteiger partial charge in [0, 0.05) is 11.3 Å². The second-order valence-corrected chi connectivity index (χ2v) is 6.84. The molecule has 0 aliphatic rings. The van der Waals surface area contributed by atoms with Gasteiger partial charge in [-0.25, -0.2) is 9.67 Å². The lowest BCUT2D eigenvalue weighted by Gasteiger charge is -2.04. The average molecular weight is 387 g/mol. The zero-order valence-corrected chi connectivity index (χ0v) is 16.5. The van der Waals surface area contributed by atoms with Crippen LogP contribution in [0.25, 0.3) is 11.5 Å². The van der Waals surface area contributed by atoms with Gasteiger partial charge < -0.3 is 9.73 Å². The van der Waals surface area contributed by atoms with Crippen molar-refractivity contribution < 1.29 is 9.21 Å². The summed E-state index contributed by atoms with van der Waals surface area (Å²) >= 11 is 0. The lowest BCUT2D eigenvalue weighted by molar-refractivity contribution is 0.102. The molecule has 4 rings (SSSR count). The number of amides is 1. The van der Waals surface area contributed by atoms with Gasteiger partial charge in [-0.1, -0.05) is 41.6 Å². The lowest BCUT2D eigenvalue weighted by atomic mass is 10.1. The Kier molecular flexibility index (Phi) is 4.95. The molecule has 146 valence electrons. The van der Waals surface area contributed by atoms with Gasteiger partial charge in [0.1, 0.15) is 11.5 Å². The Morgan fingerprint density at radius 2 is 1.76 bits per heavy atom. The molecule has 0 atom stereocenters. The number of benzene rings is 2. The molecule has 2 heterocycles. The highest BCUT2D eigenvalue weighted by Gasteiger charge is 2.19. The highest BCUT2D eigenvalue weighted by atomic mass is 16.4. The van der Waals surface area contributed by atoms with E-state index in [1.165, 1.54) is 0 Å². The Morgan fingerprint density at radius 1 is 1.03 bits per heavy atom. The van der Waals surface area contributed by atoms with E-state index in [2.05, 4.69) is 20.6 Å². The lowest BCUT2D eigenvalue weighted by Crippen LogP contribution is -2.14. The number of carbonyl (C=O) groups is 1. The predicted molar refractivity (Wildman–Crippen MR) is 110 cm³/mol. The van der Waals surface area contributed by atoms with Crippen molar-refractivity contribution in [2.24, 2.45) is 0 Å². The van der Waals surface area contributed by atoms with E-state index in [1.54, 1.807) is 4.68 Å². The first kappa shape index (κ1) is 18.6. The van der Waals surface area contributed by atoms with E-state index < -0.39 is 0 Å². The Labute approximate surface area is 168 Å². The topological polar surface area (TPSA) is 85.8 Å². The van der Waals surface area contributed by atoms with Gasteiger partial charge in [-0.15, -0.1) is 5.10 Å². The first-order valence-electron chi connectivity index (χ1n) is 9.31. The maximum absolute atomic E-state index is 12.5. The summed E-state index contributed by atoms with van der Waals surface area (Å²) in [6.45, 7) is 6.09. The minimum atomic E-state index is -0.294. The van der Waals surface area contributed by atoms with Crippen molar-refractivity contribution in [1.29, 1.82) is 0 Å². The van der Waals surface area contributed by atoms with Crippen molar-refractivity contribution in [3.8, 4) is 11.5 Å². The van der Waals surface area contributed by atoms with E-state index in [0.717, 1.165) is 16.8 Å². The number of anilines is 1. The third-order valence-electron chi connectivity index (χ3n) is 4.80. The van der Waals surface area contributed by atoms with Crippen molar-refractivity contribution in [3.63, 3.8) is 0 Å². The minimum absolute atomic E-state index is 0.286. The van der Waals surface area contributed by atoms with Crippen LogP contribution in [0.3, 0.4) is 0 Å². The number of hydrogen-bond donors (Lipinski definition) is 1. The van der Waals surface area contributed by atoms with E-state index in [4.69, 9.17) is 4.42 Å². The van der Waals surface area contributed by atoms with Crippen LogP contribution in [-0.4, -0.2) is 25.9 Å². The second-order valence-electron chi connectivity index (χ2n) is 6.84. The molecule has 2 aromatic carbocycles. The summed E-state index contributed by atoms with van der Waals surface area (Å²) in [4.78, 5) is 17.2. The number of para-hydroxylation sites is 1. The minimum Gasteiger partial charge on any atom is -0.441 e. The van der Waals surface area contributed by atoms with Crippen molar-refractivity contribution >= 4 is 11.6 Å². The highest BCUT2D eigenvalue weighted by molar-refractivity contribution is 6.03. The Hall–Kier alpha value is -3.74. The van der Waals surface area contributed by atoms with Crippen LogP contribution in [0.2, 0.25) is 0 Å². The summed E-state index contributed by atoms with van der Waals surface area (Å²) in [6.07, 6.45) is 0. The van der Waals surface area contributed by atoms with E-state index in [-0.39, 0.29) is 11.6 Å². The van der Waals surface area contributed by atoms with Crippen molar-refractivity contribution in [3.05, 3.63) is 83.0 Å². The molecule has 29 heavy (non-hydrogen) atoms.